The number of benzene rings is 1. The highest BCUT2D eigenvalue weighted by Gasteiger charge is 2.17. The minimum absolute atomic E-state index is 0.0949. The Kier molecular flexibility index (Phi) is 2.86. The third kappa shape index (κ3) is 2.03. The Hall–Kier alpha value is -0.540. The van der Waals surface area contributed by atoms with Crippen LogP contribution in [0.2, 0.25) is 0 Å². The number of nitrogens with one attached hydrogen (secondary N) is 1. The molecule has 1 atom stereocenters. The van der Waals surface area contributed by atoms with Crippen LogP contribution < -0.4 is 5.32 Å². The summed E-state index contributed by atoms with van der Waals surface area (Å²) in [6, 6.07) is 7.20. The molecule has 70 valence electrons. The van der Waals surface area contributed by atoms with Crippen molar-refractivity contribution in [1.82, 2.24) is 5.32 Å². The van der Waals surface area contributed by atoms with Gasteiger partial charge in [-0.05, 0) is 6.07 Å². The fraction of sp³-hybridized carbons (Fsp3) is 0.400. The van der Waals surface area contributed by atoms with E-state index in [1.807, 2.05) is 23.9 Å². The fourth-order valence-electron chi connectivity index (χ4n) is 1.52. The van der Waals surface area contributed by atoms with Crippen molar-refractivity contribution in [2.75, 3.05) is 18.1 Å². The highest BCUT2D eigenvalue weighted by molar-refractivity contribution is 7.99. The van der Waals surface area contributed by atoms with Crippen molar-refractivity contribution in [1.29, 1.82) is 0 Å². The minimum Gasteiger partial charge on any atom is -0.308 e. The van der Waals surface area contributed by atoms with Crippen LogP contribution >= 0.6 is 11.8 Å². The first-order valence-electron chi connectivity index (χ1n) is 4.43. The molecule has 1 N–H and O–H groups in total. The zero-order chi connectivity index (χ0) is 9.10. The summed E-state index contributed by atoms with van der Waals surface area (Å²) < 4.78 is 13.3. The molecular weight excluding hydrogens is 185 g/mol. The number of hydrogen-bond donors (Lipinski definition) is 1. The Labute approximate surface area is 81.7 Å². The summed E-state index contributed by atoms with van der Waals surface area (Å²) in [6.45, 7) is 0.976. The van der Waals surface area contributed by atoms with Crippen LogP contribution in [0.15, 0.2) is 24.3 Å². The Morgan fingerprint density at radius 2 is 2.23 bits per heavy atom. The quantitative estimate of drug-likeness (QED) is 0.740. The van der Waals surface area contributed by atoms with Gasteiger partial charge in [0.25, 0.3) is 0 Å². The summed E-state index contributed by atoms with van der Waals surface area (Å²) in [4.78, 5) is 0. The molecule has 1 aromatic carbocycles. The third-order valence-corrected chi connectivity index (χ3v) is 3.26. The molecule has 0 aliphatic carbocycles. The van der Waals surface area contributed by atoms with Crippen LogP contribution in [0, 0.1) is 5.82 Å². The molecule has 0 saturated carbocycles. The molecule has 0 bridgehead atoms. The molecule has 1 fully saturated rings. The second kappa shape index (κ2) is 4.11. The monoisotopic (exact) mass is 197 g/mol. The van der Waals surface area contributed by atoms with Gasteiger partial charge in [0.05, 0.1) is 0 Å². The van der Waals surface area contributed by atoms with Crippen LogP contribution in [0.5, 0.6) is 0 Å². The molecule has 1 unspecified atom stereocenters. The molecule has 1 aliphatic rings. The van der Waals surface area contributed by atoms with Crippen molar-refractivity contribution < 1.29 is 4.39 Å². The normalized spacial score (nSPS) is 23.0. The van der Waals surface area contributed by atoms with Crippen molar-refractivity contribution >= 4 is 11.8 Å². The highest BCUT2D eigenvalue weighted by Crippen LogP contribution is 2.23. The summed E-state index contributed by atoms with van der Waals surface area (Å²) in [6.07, 6.45) is 0. The molecule has 0 aromatic heterocycles. The summed E-state index contributed by atoms with van der Waals surface area (Å²) in [5.41, 5.74) is 0.801. The number of hydrogen-bond acceptors (Lipinski definition) is 2. The van der Waals surface area contributed by atoms with Gasteiger partial charge < -0.3 is 5.32 Å². The highest BCUT2D eigenvalue weighted by atomic mass is 32.2. The van der Waals surface area contributed by atoms with E-state index in [2.05, 4.69) is 5.32 Å². The molecule has 0 radical (unpaired) electrons. The van der Waals surface area contributed by atoms with E-state index >= 15 is 0 Å². The lowest BCUT2D eigenvalue weighted by molar-refractivity contribution is 0.540. The largest absolute Gasteiger partial charge is 0.308 e. The maximum Gasteiger partial charge on any atom is 0.128 e. The van der Waals surface area contributed by atoms with E-state index in [1.165, 1.54) is 6.07 Å². The first-order chi connectivity index (χ1) is 6.38. The molecule has 1 nitrogen and oxygen atoms in total. The molecule has 1 aliphatic heterocycles. The summed E-state index contributed by atoms with van der Waals surface area (Å²) >= 11 is 1.88. The van der Waals surface area contributed by atoms with Crippen molar-refractivity contribution in [3.63, 3.8) is 0 Å². The predicted octanol–water partition coefficient (Wildman–Crippen LogP) is 2.20. The Morgan fingerprint density at radius 3 is 2.92 bits per heavy atom. The third-order valence-electron chi connectivity index (χ3n) is 2.20. The van der Waals surface area contributed by atoms with E-state index in [9.17, 15) is 4.39 Å². The van der Waals surface area contributed by atoms with Gasteiger partial charge in [-0.3, -0.25) is 0 Å². The van der Waals surface area contributed by atoms with E-state index in [-0.39, 0.29) is 11.9 Å². The molecular formula is C10H12FNS. The second-order valence-corrected chi connectivity index (χ2v) is 4.25. The van der Waals surface area contributed by atoms with Gasteiger partial charge in [-0.1, -0.05) is 18.2 Å². The van der Waals surface area contributed by atoms with Gasteiger partial charge in [0.15, 0.2) is 0 Å². The van der Waals surface area contributed by atoms with Crippen LogP contribution in [-0.2, 0) is 0 Å². The molecule has 0 spiro atoms. The minimum atomic E-state index is -0.0949. The van der Waals surface area contributed by atoms with Crippen LogP contribution in [0.4, 0.5) is 4.39 Å². The van der Waals surface area contributed by atoms with Gasteiger partial charge in [-0.15, -0.1) is 0 Å². The van der Waals surface area contributed by atoms with Gasteiger partial charge in [-0.2, -0.15) is 11.8 Å². The lowest BCUT2D eigenvalue weighted by Crippen LogP contribution is -2.30. The lowest BCUT2D eigenvalue weighted by atomic mass is 10.1. The Balaban J connectivity index is 2.18. The molecule has 13 heavy (non-hydrogen) atoms. The van der Waals surface area contributed by atoms with Crippen LogP contribution in [-0.4, -0.2) is 18.1 Å². The predicted molar refractivity (Wildman–Crippen MR) is 54.5 cm³/mol. The number of thioether (sulfide) groups is 1. The molecule has 2 rings (SSSR count). The molecule has 3 heteroatoms. The Bertz CT molecular complexity index is 284. The van der Waals surface area contributed by atoms with Gasteiger partial charge in [0, 0.05) is 29.7 Å². The van der Waals surface area contributed by atoms with Gasteiger partial charge in [0.2, 0.25) is 0 Å². The molecule has 0 amide bonds. The SMILES string of the molecule is Fc1ccccc1C1CSCCN1. The summed E-state index contributed by atoms with van der Waals surface area (Å²) in [5, 5.41) is 3.32. The lowest BCUT2D eigenvalue weighted by Gasteiger charge is -2.23. The maximum absolute atomic E-state index is 13.3. The van der Waals surface area contributed by atoms with Crippen LogP contribution in [0.1, 0.15) is 11.6 Å². The standard InChI is InChI=1S/C10H12FNS/c11-9-4-2-1-3-8(9)10-7-13-6-5-12-10/h1-4,10,12H,5-7H2. The van der Waals surface area contributed by atoms with Gasteiger partial charge >= 0.3 is 0 Å². The average molecular weight is 197 g/mol. The first-order valence-corrected chi connectivity index (χ1v) is 5.59. The number of halogens is 1. The summed E-state index contributed by atoms with van der Waals surface area (Å²) in [7, 11) is 0. The molecule has 1 heterocycles. The molecule has 1 saturated heterocycles. The van der Waals surface area contributed by atoms with Crippen molar-refractivity contribution in [3.8, 4) is 0 Å². The van der Waals surface area contributed by atoms with Crippen LogP contribution in [0.3, 0.4) is 0 Å². The first kappa shape index (κ1) is 9.03. The van der Waals surface area contributed by atoms with E-state index in [4.69, 9.17) is 0 Å². The molecule has 1 aromatic rings. The van der Waals surface area contributed by atoms with E-state index in [0.717, 1.165) is 23.6 Å². The van der Waals surface area contributed by atoms with E-state index in [0.29, 0.717) is 0 Å². The zero-order valence-corrected chi connectivity index (χ0v) is 8.11. The second-order valence-electron chi connectivity index (χ2n) is 3.10. The smallest absolute Gasteiger partial charge is 0.128 e. The van der Waals surface area contributed by atoms with Crippen molar-refractivity contribution in [3.05, 3.63) is 35.6 Å². The fourth-order valence-corrected chi connectivity index (χ4v) is 2.48. The van der Waals surface area contributed by atoms with E-state index in [1.54, 1.807) is 6.07 Å². The van der Waals surface area contributed by atoms with Crippen molar-refractivity contribution in [2.24, 2.45) is 0 Å². The number of rotatable bonds is 1. The Morgan fingerprint density at radius 1 is 1.38 bits per heavy atom. The maximum atomic E-state index is 13.3. The van der Waals surface area contributed by atoms with Gasteiger partial charge in [-0.25, -0.2) is 4.39 Å². The van der Waals surface area contributed by atoms with Gasteiger partial charge in [0.1, 0.15) is 5.82 Å². The average Bonchev–Trinajstić information content (AvgIpc) is 2.20. The zero-order valence-electron chi connectivity index (χ0n) is 7.29. The van der Waals surface area contributed by atoms with Crippen LogP contribution in [0.25, 0.3) is 0 Å². The topological polar surface area (TPSA) is 12.0 Å². The van der Waals surface area contributed by atoms with E-state index < -0.39 is 0 Å². The summed E-state index contributed by atoms with van der Waals surface area (Å²) in [5.74, 6) is 2.01. The van der Waals surface area contributed by atoms with Crippen molar-refractivity contribution in [2.45, 2.75) is 6.04 Å².